The number of aromatic nitrogens is 2. The Labute approximate surface area is 201 Å². The summed E-state index contributed by atoms with van der Waals surface area (Å²) in [4.78, 5) is 36.4. The number of aliphatic hydroxyl groups is 1. The van der Waals surface area contributed by atoms with Crippen LogP contribution in [0.25, 0.3) is 0 Å². The normalized spacial score (nSPS) is 28.0. The molecule has 0 aliphatic carbocycles. The third-order valence-corrected chi connectivity index (χ3v) is 7.17. The first-order valence-corrected chi connectivity index (χ1v) is 12.5. The predicted octanol–water partition coefficient (Wildman–Crippen LogP) is -0.362. The monoisotopic (exact) mass is 521 g/mol. The second-order valence-corrected chi connectivity index (χ2v) is 10.6. The Morgan fingerprint density at radius 1 is 1.29 bits per heavy atom. The highest BCUT2D eigenvalue weighted by atomic mass is 31.2. The molecule has 0 spiro atoms. The Kier molecular flexibility index (Phi) is 8.39. The summed E-state index contributed by atoms with van der Waals surface area (Å²) in [5, 5.41) is 11.9. The molecule has 1 aromatic heterocycles. The highest BCUT2D eigenvalue weighted by molar-refractivity contribution is 7.51. The molecule has 0 bridgehead atoms. The smallest absolute Gasteiger partial charge is 0.406 e. The van der Waals surface area contributed by atoms with Crippen molar-refractivity contribution in [2.24, 2.45) is 7.05 Å². The largest absolute Gasteiger partial charge is 0.468 e. The first kappa shape index (κ1) is 27.7. The summed E-state index contributed by atoms with van der Waals surface area (Å²) in [5.74, 6) is -1.87. The molecule has 6 atom stereocenters. The van der Waals surface area contributed by atoms with E-state index in [1.807, 2.05) is 0 Å². The van der Waals surface area contributed by atoms with Crippen LogP contribution in [0.4, 0.5) is 0 Å². The van der Waals surface area contributed by atoms with E-state index in [-0.39, 0.29) is 6.61 Å². The lowest BCUT2D eigenvalue weighted by Crippen LogP contribution is -2.41. The fourth-order valence-corrected chi connectivity index (χ4v) is 5.51. The van der Waals surface area contributed by atoms with Gasteiger partial charge in [-0.2, -0.15) is 0 Å². The van der Waals surface area contributed by atoms with E-state index in [0.29, 0.717) is 0 Å². The van der Waals surface area contributed by atoms with Gasteiger partial charge in [-0.05, 0) is 27.7 Å². The summed E-state index contributed by atoms with van der Waals surface area (Å²) in [5.41, 5.74) is -1.10. The van der Waals surface area contributed by atoms with Crippen LogP contribution in [0, 0.1) is 0 Å². The molecule has 14 nitrogen and oxygen atoms in total. The summed E-state index contributed by atoms with van der Waals surface area (Å²) in [6.45, 7) is 5.57. The second kappa shape index (κ2) is 10.6. The van der Waals surface area contributed by atoms with Gasteiger partial charge < -0.3 is 24.1 Å². The van der Waals surface area contributed by atoms with Gasteiger partial charge in [0, 0.05) is 19.3 Å². The van der Waals surface area contributed by atoms with E-state index in [4.69, 9.17) is 23.3 Å². The third-order valence-electron chi connectivity index (χ3n) is 5.36. The maximum Gasteiger partial charge on any atom is 0.406 e. The minimum Gasteiger partial charge on any atom is -0.468 e. The van der Waals surface area contributed by atoms with Crippen LogP contribution in [0.15, 0.2) is 21.9 Å². The zero-order chi connectivity index (χ0) is 26.1. The minimum atomic E-state index is -4.15. The number of ether oxygens (including phenoxy) is 4. The van der Waals surface area contributed by atoms with Gasteiger partial charge >= 0.3 is 19.4 Å². The van der Waals surface area contributed by atoms with Crippen LogP contribution >= 0.6 is 7.75 Å². The highest BCUT2D eigenvalue weighted by Crippen LogP contribution is 2.48. The van der Waals surface area contributed by atoms with E-state index in [0.717, 1.165) is 11.7 Å². The third kappa shape index (κ3) is 6.09. The molecule has 0 amide bonds. The molecule has 2 aliphatic heterocycles. The number of nitrogens with zero attached hydrogens (tertiary/aromatic N) is 2. The quantitative estimate of drug-likeness (QED) is 0.304. The maximum atomic E-state index is 13.4. The summed E-state index contributed by atoms with van der Waals surface area (Å²) in [6, 6.07) is -0.134. The number of hydrogen-bond donors (Lipinski definition) is 2. The topological polar surface area (TPSA) is 166 Å². The van der Waals surface area contributed by atoms with E-state index in [9.17, 15) is 24.1 Å². The lowest BCUT2D eigenvalue weighted by molar-refractivity contribution is -0.200. The van der Waals surface area contributed by atoms with Crippen LogP contribution in [0.3, 0.4) is 0 Å². The van der Waals surface area contributed by atoms with Gasteiger partial charge in [0.1, 0.15) is 24.4 Å². The zero-order valence-corrected chi connectivity index (χ0v) is 21.3. The molecule has 3 rings (SSSR count). The van der Waals surface area contributed by atoms with Gasteiger partial charge in [0.25, 0.3) is 5.56 Å². The Morgan fingerprint density at radius 3 is 2.54 bits per heavy atom. The van der Waals surface area contributed by atoms with Gasteiger partial charge in [0.15, 0.2) is 12.0 Å². The van der Waals surface area contributed by atoms with Gasteiger partial charge in [0.2, 0.25) is 0 Å². The fraction of sp³-hybridized carbons (Fsp3) is 0.750. The summed E-state index contributed by atoms with van der Waals surface area (Å²) in [7, 11) is -1.69. The summed E-state index contributed by atoms with van der Waals surface area (Å²) < 4.78 is 49.1. The molecule has 2 fully saturated rings. The SMILES string of the molecule is COC(=O)[C@H](CO)NP(=O)(OC[C@H]1O[C@@H](n2ccc(=O)n(C)c2=O)[C@@H]2OC(C)(C)O[C@@H]21)OC(C)C. The van der Waals surface area contributed by atoms with E-state index < -0.39 is 74.0 Å². The van der Waals surface area contributed by atoms with Crippen molar-refractivity contribution >= 4 is 13.7 Å². The average molecular weight is 521 g/mol. The predicted molar refractivity (Wildman–Crippen MR) is 119 cm³/mol. The Hall–Kier alpha value is -1.90. The van der Waals surface area contributed by atoms with Gasteiger partial charge in [-0.25, -0.2) is 14.4 Å². The number of hydrogen-bond acceptors (Lipinski definition) is 11. The lowest BCUT2D eigenvalue weighted by Gasteiger charge is -2.27. The Balaban J connectivity index is 1.84. The second-order valence-electron chi connectivity index (χ2n) is 8.87. The molecule has 35 heavy (non-hydrogen) atoms. The fourth-order valence-electron chi connectivity index (χ4n) is 3.85. The molecule has 198 valence electrons. The molecule has 0 saturated carbocycles. The van der Waals surface area contributed by atoms with Gasteiger partial charge in [-0.15, -0.1) is 0 Å². The number of fused-ring (bicyclic) bond motifs is 1. The first-order valence-electron chi connectivity index (χ1n) is 11.0. The number of rotatable bonds is 10. The number of carbonyl (C=O) groups is 1. The number of methoxy groups -OCH3 is 1. The van der Waals surface area contributed by atoms with Crippen LogP contribution in [0.1, 0.15) is 33.9 Å². The van der Waals surface area contributed by atoms with E-state index in [1.165, 1.54) is 23.9 Å². The van der Waals surface area contributed by atoms with E-state index in [1.54, 1.807) is 27.7 Å². The lowest BCUT2D eigenvalue weighted by atomic mass is 10.1. The number of esters is 1. The molecule has 15 heteroatoms. The zero-order valence-electron chi connectivity index (χ0n) is 20.4. The number of nitrogens with one attached hydrogen (secondary N) is 1. The molecule has 1 unspecified atom stereocenters. The van der Waals surface area contributed by atoms with Crippen LogP contribution in [-0.2, 0) is 44.4 Å². The van der Waals surface area contributed by atoms with E-state index in [2.05, 4.69) is 9.82 Å². The van der Waals surface area contributed by atoms with Gasteiger partial charge in [0.05, 0.1) is 26.4 Å². The van der Waals surface area contributed by atoms with Crippen LogP contribution in [-0.4, -0.2) is 76.8 Å². The minimum absolute atomic E-state index is 0.339. The molecule has 0 aromatic carbocycles. The molecular weight excluding hydrogens is 489 g/mol. The van der Waals surface area contributed by atoms with Gasteiger partial charge in [-0.1, -0.05) is 0 Å². The Morgan fingerprint density at radius 2 is 1.94 bits per heavy atom. The van der Waals surface area contributed by atoms with Crippen molar-refractivity contribution < 1.29 is 42.5 Å². The van der Waals surface area contributed by atoms with Crippen molar-refractivity contribution in [1.29, 1.82) is 0 Å². The first-order chi connectivity index (χ1) is 16.3. The molecule has 1 aromatic rings. The van der Waals surface area contributed by atoms with Gasteiger partial charge in [-0.3, -0.25) is 27.8 Å². The van der Waals surface area contributed by atoms with Crippen molar-refractivity contribution in [2.45, 2.75) is 70.2 Å². The number of aliphatic hydroxyl groups excluding tert-OH is 1. The Bertz CT molecular complexity index is 1080. The maximum absolute atomic E-state index is 13.4. The van der Waals surface area contributed by atoms with Crippen molar-refractivity contribution in [2.75, 3.05) is 20.3 Å². The molecule has 2 aliphatic rings. The molecule has 0 radical (unpaired) electrons. The summed E-state index contributed by atoms with van der Waals surface area (Å²) >= 11 is 0. The van der Waals surface area contributed by atoms with Crippen LogP contribution in [0.5, 0.6) is 0 Å². The van der Waals surface area contributed by atoms with Crippen molar-refractivity contribution in [3.8, 4) is 0 Å². The van der Waals surface area contributed by atoms with E-state index >= 15 is 0 Å². The summed E-state index contributed by atoms with van der Waals surface area (Å²) in [6.07, 6.45) is -2.56. The standard InChI is InChI=1S/C20H32N3O11P/c1-11(2)34-35(28,21-12(9-24)18(26)29-6)30-10-13-15-16(33-20(3,4)32-15)17(31-13)23-8-7-14(25)22(5)19(23)27/h7-8,11-13,15-17,24H,9-10H2,1-6H3,(H,21,28)/t12-,13+,15+,16+,17+,35?/m0/s1. The highest BCUT2D eigenvalue weighted by Gasteiger charge is 2.56. The number of carbonyl (C=O) groups excluding carboxylic acids is 1. The molecular formula is C20H32N3O11P. The molecule has 3 heterocycles. The van der Waals surface area contributed by atoms with Crippen LogP contribution < -0.4 is 16.3 Å². The van der Waals surface area contributed by atoms with Crippen molar-refractivity contribution in [1.82, 2.24) is 14.2 Å². The van der Waals surface area contributed by atoms with Crippen molar-refractivity contribution in [3.05, 3.63) is 33.1 Å². The molecule has 2 N–H and O–H groups in total. The van der Waals surface area contributed by atoms with Crippen molar-refractivity contribution in [3.63, 3.8) is 0 Å². The van der Waals surface area contributed by atoms with Crippen LogP contribution in [0.2, 0.25) is 0 Å². The molecule has 2 saturated heterocycles. The average Bonchev–Trinajstić information content (AvgIpc) is 3.26.